The topological polar surface area (TPSA) is 53.4 Å². The Morgan fingerprint density at radius 2 is 2.28 bits per heavy atom. The maximum Gasteiger partial charge on any atom is 0.309 e. The van der Waals surface area contributed by atoms with Crippen LogP contribution in [0.4, 0.5) is 0 Å². The summed E-state index contributed by atoms with van der Waals surface area (Å²) in [7, 11) is 0. The first-order valence-electron chi connectivity index (χ1n) is 6.12. The number of aromatic nitrogens is 1. The molecule has 2 heterocycles. The fourth-order valence-corrected chi connectivity index (χ4v) is 3.41. The summed E-state index contributed by atoms with van der Waals surface area (Å²) in [4.78, 5) is 17.8. The van der Waals surface area contributed by atoms with E-state index in [1.165, 1.54) is 11.3 Å². The molecular formula is C12H17ClN2O2S. The van der Waals surface area contributed by atoms with E-state index in [0.717, 1.165) is 37.5 Å². The van der Waals surface area contributed by atoms with E-state index in [0.29, 0.717) is 10.8 Å². The summed E-state index contributed by atoms with van der Waals surface area (Å²) in [5, 5.41) is 10.3. The van der Waals surface area contributed by atoms with E-state index in [-0.39, 0.29) is 0 Å². The molecule has 1 fully saturated rings. The Morgan fingerprint density at radius 3 is 2.72 bits per heavy atom. The smallest absolute Gasteiger partial charge is 0.309 e. The molecule has 100 valence electrons. The number of thiazole rings is 1. The van der Waals surface area contributed by atoms with Crippen molar-refractivity contribution in [3.05, 3.63) is 15.5 Å². The number of nitrogens with zero attached hydrogens (tertiary/aromatic N) is 2. The maximum atomic E-state index is 11.3. The van der Waals surface area contributed by atoms with Crippen molar-refractivity contribution in [3.63, 3.8) is 0 Å². The zero-order chi connectivity index (χ0) is 13.2. The van der Waals surface area contributed by atoms with Gasteiger partial charge in [-0.1, -0.05) is 18.5 Å². The minimum absolute atomic E-state index is 0.517. The number of hydrogen-bond acceptors (Lipinski definition) is 4. The molecule has 1 aliphatic heterocycles. The van der Waals surface area contributed by atoms with E-state index < -0.39 is 11.4 Å². The molecule has 1 aromatic rings. The Bertz CT molecular complexity index is 427. The SMILES string of the molecule is CCC1(C(=O)O)CCN(Cc2ncc(Cl)s2)CC1. The molecule has 0 atom stereocenters. The number of aliphatic carboxylic acids is 1. The highest BCUT2D eigenvalue weighted by Crippen LogP contribution is 2.35. The van der Waals surface area contributed by atoms with E-state index in [1.54, 1.807) is 6.20 Å². The number of carboxylic acids is 1. The van der Waals surface area contributed by atoms with Gasteiger partial charge in [0.2, 0.25) is 0 Å². The third kappa shape index (κ3) is 2.84. The maximum absolute atomic E-state index is 11.3. The molecule has 1 saturated heterocycles. The minimum Gasteiger partial charge on any atom is -0.481 e. The second-order valence-corrected chi connectivity index (χ2v) is 6.52. The predicted octanol–water partition coefficient (Wildman–Crippen LogP) is 2.87. The predicted molar refractivity (Wildman–Crippen MR) is 72.0 cm³/mol. The molecule has 0 aliphatic carbocycles. The fourth-order valence-electron chi connectivity index (χ4n) is 2.41. The molecule has 1 aromatic heterocycles. The van der Waals surface area contributed by atoms with Crippen LogP contribution in [0, 0.1) is 5.41 Å². The summed E-state index contributed by atoms with van der Waals surface area (Å²) in [6.07, 6.45) is 3.81. The number of halogens is 1. The molecule has 1 N–H and O–H groups in total. The van der Waals surface area contributed by atoms with Gasteiger partial charge in [0.1, 0.15) is 9.34 Å². The first-order chi connectivity index (χ1) is 8.55. The Labute approximate surface area is 116 Å². The van der Waals surface area contributed by atoms with Crippen molar-refractivity contribution in [2.24, 2.45) is 5.41 Å². The highest BCUT2D eigenvalue weighted by molar-refractivity contribution is 7.15. The summed E-state index contributed by atoms with van der Waals surface area (Å²) >= 11 is 7.34. The normalized spacial score (nSPS) is 19.9. The number of carboxylic acid groups (broad SMARTS) is 1. The van der Waals surface area contributed by atoms with Gasteiger partial charge in [0.05, 0.1) is 18.2 Å². The number of carbonyl (C=O) groups is 1. The molecule has 0 saturated carbocycles. The lowest BCUT2D eigenvalue weighted by atomic mass is 9.76. The fraction of sp³-hybridized carbons (Fsp3) is 0.667. The third-order valence-corrected chi connectivity index (χ3v) is 4.93. The molecule has 0 bridgehead atoms. The van der Waals surface area contributed by atoms with Crippen LogP contribution in [0.1, 0.15) is 31.2 Å². The van der Waals surface area contributed by atoms with Gasteiger partial charge in [0.25, 0.3) is 0 Å². The van der Waals surface area contributed by atoms with Gasteiger partial charge < -0.3 is 5.11 Å². The Balaban J connectivity index is 1.92. The van der Waals surface area contributed by atoms with Crippen LogP contribution in [-0.2, 0) is 11.3 Å². The van der Waals surface area contributed by atoms with Crippen LogP contribution in [0.5, 0.6) is 0 Å². The molecule has 4 nitrogen and oxygen atoms in total. The van der Waals surface area contributed by atoms with Gasteiger partial charge in [-0.3, -0.25) is 9.69 Å². The van der Waals surface area contributed by atoms with Gasteiger partial charge in [-0.25, -0.2) is 4.98 Å². The van der Waals surface area contributed by atoms with Crippen molar-refractivity contribution in [2.45, 2.75) is 32.7 Å². The summed E-state index contributed by atoms with van der Waals surface area (Å²) in [5.41, 5.74) is -0.517. The van der Waals surface area contributed by atoms with Crippen molar-refractivity contribution in [1.29, 1.82) is 0 Å². The van der Waals surface area contributed by atoms with Crippen molar-refractivity contribution < 1.29 is 9.90 Å². The average Bonchev–Trinajstić information content (AvgIpc) is 2.76. The van der Waals surface area contributed by atoms with Gasteiger partial charge in [-0.15, -0.1) is 11.3 Å². The molecule has 0 spiro atoms. The largest absolute Gasteiger partial charge is 0.481 e. The van der Waals surface area contributed by atoms with Crippen LogP contribution >= 0.6 is 22.9 Å². The summed E-state index contributed by atoms with van der Waals surface area (Å²) in [6, 6.07) is 0. The number of rotatable bonds is 4. The first kappa shape index (κ1) is 13.8. The van der Waals surface area contributed by atoms with Crippen molar-refractivity contribution in [1.82, 2.24) is 9.88 Å². The molecule has 0 radical (unpaired) electrons. The highest BCUT2D eigenvalue weighted by Gasteiger charge is 2.39. The second-order valence-electron chi connectivity index (χ2n) is 4.77. The number of likely N-dealkylation sites (tertiary alicyclic amines) is 1. The van der Waals surface area contributed by atoms with E-state index in [1.807, 2.05) is 6.92 Å². The van der Waals surface area contributed by atoms with E-state index in [2.05, 4.69) is 9.88 Å². The molecule has 0 unspecified atom stereocenters. The number of piperidine rings is 1. The summed E-state index contributed by atoms with van der Waals surface area (Å²) in [6.45, 7) is 4.37. The lowest BCUT2D eigenvalue weighted by molar-refractivity contribution is -0.152. The Kier molecular flexibility index (Phi) is 4.25. The monoisotopic (exact) mass is 288 g/mol. The second kappa shape index (κ2) is 5.55. The molecule has 2 rings (SSSR count). The van der Waals surface area contributed by atoms with Crippen LogP contribution < -0.4 is 0 Å². The zero-order valence-corrected chi connectivity index (χ0v) is 11.9. The highest BCUT2D eigenvalue weighted by atomic mass is 35.5. The lowest BCUT2D eigenvalue weighted by Crippen LogP contribution is -2.43. The van der Waals surface area contributed by atoms with Crippen LogP contribution in [0.15, 0.2) is 6.20 Å². The van der Waals surface area contributed by atoms with Crippen LogP contribution in [0.3, 0.4) is 0 Å². The molecule has 6 heteroatoms. The lowest BCUT2D eigenvalue weighted by Gasteiger charge is -2.37. The Morgan fingerprint density at radius 1 is 1.61 bits per heavy atom. The summed E-state index contributed by atoms with van der Waals surface area (Å²) in [5.74, 6) is -0.651. The molecular weight excluding hydrogens is 272 g/mol. The minimum atomic E-state index is -0.651. The van der Waals surface area contributed by atoms with Crippen LogP contribution in [-0.4, -0.2) is 34.0 Å². The molecule has 18 heavy (non-hydrogen) atoms. The third-order valence-electron chi connectivity index (χ3n) is 3.83. The zero-order valence-electron chi connectivity index (χ0n) is 10.4. The summed E-state index contributed by atoms with van der Waals surface area (Å²) < 4.78 is 0.704. The van der Waals surface area contributed by atoms with Gasteiger partial charge >= 0.3 is 5.97 Å². The van der Waals surface area contributed by atoms with Gasteiger partial charge in [0.15, 0.2) is 0 Å². The van der Waals surface area contributed by atoms with E-state index >= 15 is 0 Å². The average molecular weight is 289 g/mol. The van der Waals surface area contributed by atoms with Crippen molar-refractivity contribution in [2.75, 3.05) is 13.1 Å². The molecule has 0 amide bonds. The molecule has 0 aromatic carbocycles. The Hall–Kier alpha value is -0.650. The standard InChI is InChI=1S/C12H17ClN2O2S/c1-2-12(11(16)17)3-5-15(6-4-12)8-10-14-7-9(13)18-10/h7H,2-6,8H2,1H3,(H,16,17). The van der Waals surface area contributed by atoms with Crippen LogP contribution in [0.2, 0.25) is 4.34 Å². The quantitative estimate of drug-likeness (QED) is 0.925. The first-order valence-corrected chi connectivity index (χ1v) is 7.31. The van der Waals surface area contributed by atoms with E-state index in [4.69, 9.17) is 11.6 Å². The van der Waals surface area contributed by atoms with Gasteiger partial charge in [0, 0.05) is 0 Å². The van der Waals surface area contributed by atoms with Gasteiger partial charge in [-0.05, 0) is 32.4 Å². The number of hydrogen-bond donors (Lipinski definition) is 1. The molecule has 1 aliphatic rings. The van der Waals surface area contributed by atoms with E-state index in [9.17, 15) is 9.90 Å². The van der Waals surface area contributed by atoms with Crippen molar-refractivity contribution >= 4 is 28.9 Å². The van der Waals surface area contributed by atoms with Crippen LogP contribution in [0.25, 0.3) is 0 Å². The van der Waals surface area contributed by atoms with Gasteiger partial charge in [-0.2, -0.15) is 0 Å². The van der Waals surface area contributed by atoms with Crippen molar-refractivity contribution in [3.8, 4) is 0 Å².